The summed E-state index contributed by atoms with van der Waals surface area (Å²) in [5.41, 5.74) is 10.7. The summed E-state index contributed by atoms with van der Waals surface area (Å²) in [7, 11) is 0. The van der Waals surface area contributed by atoms with Gasteiger partial charge < -0.3 is 15.4 Å². The number of hydrogen-bond donors (Lipinski definition) is 1. The van der Waals surface area contributed by atoms with Crippen molar-refractivity contribution >= 4 is 34.2 Å². The predicted octanol–water partition coefficient (Wildman–Crippen LogP) is 7.17. The van der Waals surface area contributed by atoms with Crippen LogP contribution in [0.25, 0.3) is 22.0 Å². The summed E-state index contributed by atoms with van der Waals surface area (Å²) >= 11 is 6.27. The fourth-order valence-corrected chi connectivity index (χ4v) is 5.79. The number of nitrogens with two attached hydrogens (primary N) is 1. The Morgan fingerprint density at radius 2 is 1.70 bits per heavy atom. The summed E-state index contributed by atoms with van der Waals surface area (Å²) in [6.45, 7) is 10.1. The number of rotatable bonds is 10. The van der Waals surface area contributed by atoms with Crippen LogP contribution in [-0.4, -0.2) is 52.1 Å². The van der Waals surface area contributed by atoms with E-state index in [0.717, 1.165) is 44.9 Å². The molecule has 1 saturated heterocycles. The van der Waals surface area contributed by atoms with Crippen molar-refractivity contribution in [1.29, 1.82) is 0 Å². The smallest absolute Gasteiger partial charge is 0.289 e. The Kier molecular flexibility index (Phi) is 9.83. The zero-order chi connectivity index (χ0) is 30.5. The summed E-state index contributed by atoms with van der Waals surface area (Å²) < 4.78 is 7.77. The molecule has 2 fully saturated rings. The summed E-state index contributed by atoms with van der Waals surface area (Å²) in [5.74, 6) is -0.764. The molecule has 2 aliphatic rings. The SMILES string of the molecule is Cc1c2cc(-c3ccc(C(=O)C(N)=O)cc3)ccc2nn1C(C)C.Clc1cc(CCCN2CCCC2)ccc1OC1CC1. The van der Waals surface area contributed by atoms with Crippen molar-refractivity contribution in [2.24, 2.45) is 5.73 Å². The lowest BCUT2D eigenvalue weighted by Crippen LogP contribution is -2.22. The lowest BCUT2D eigenvalue weighted by Gasteiger charge is -2.14. The third-order valence-electron chi connectivity index (χ3n) is 8.09. The van der Waals surface area contributed by atoms with Gasteiger partial charge in [0.1, 0.15) is 5.75 Å². The lowest BCUT2D eigenvalue weighted by molar-refractivity contribution is -0.114. The van der Waals surface area contributed by atoms with E-state index in [0.29, 0.717) is 17.7 Å². The molecular weight excluding hydrogens is 560 g/mol. The third-order valence-corrected chi connectivity index (χ3v) is 8.39. The maximum Gasteiger partial charge on any atom is 0.289 e. The fraction of sp³-hybridized carbons (Fsp3) is 0.400. The van der Waals surface area contributed by atoms with E-state index in [-0.39, 0.29) is 0 Å². The summed E-state index contributed by atoms with van der Waals surface area (Å²) in [6, 6.07) is 19.6. The molecule has 43 heavy (non-hydrogen) atoms. The van der Waals surface area contributed by atoms with E-state index in [1.165, 1.54) is 57.3 Å². The number of nitrogens with zero attached hydrogens (tertiary/aromatic N) is 3. The number of aryl methyl sites for hydroxylation is 2. The van der Waals surface area contributed by atoms with Crippen LogP contribution in [0.2, 0.25) is 5.02 Å². The molecule has 8 heteroatoms. The highest BCUT2D eigenvalue weighted by Crippen LogP contribution is 2.33. The van der Waals surface area contributed by atoms with Crippen LogP contribution in [0.3, 0.4) is 0 Å². The second-order valence-corrected chi connectivity index (χ2v) is 12.3. The minimum absolute atomic E-state index is 0.302. The topological polar surface area (TPSA) is 90.5 Å². The highest BCUT2D eigenvalue weighted by atomic mass is 35.5. The number of Topliss-reactive ketones (excluding diaryl/α,β-unsaturated/α-hetero) is 1. The molecule has 2 heterocycles. The van der Waals surface area contributed by atoms with Gasteiger partial charge in [0, 0.05) is 22.7 Å². The van der Waals surface area contributed by atoms with E-state index in [4.69, 9.17) is 22.1 Å². The van der Waals surface area contributed by atoms with E-state index < -0.39 is 11.7 Å². The Labute approximate surface area is 259 Å². The fourth-order valence-electron chi connectivity index (χ4n) is 5.54. The van der Waals surface area contributed by atoms with Crippen molar-refractivity contribution in [1.82, 2.24) is 14.7 Å². The molecule has 0 spiro atoms. The normalized spacial score (nSPS) is 15.0. The molecule has 7 nitrogen and oxygen atoms in total. The maximum atomic E-state index is 11.6. The van der Waals surface area contributed by atoms with Gasteiger partial charge in [-0.15, -0.1) is 0 Å². The van der Waals surface area contributed by atoms with Crippen molar-refractivity contribution in [2.75, 3.05) is 19.6 Å². The molecule has 3 aromatic carbocycles. The molecule has 1 aromatic heterocycles. The maximum absolute atomic E-state index is 11.6. The number of ether oxygens (including phenoxy) is 1. The predicted molar refractivity (Wildman–Crippen MR) is 173 cm³/mol. The van der Waals surface area contributed by atoms with E-state index >= 15 is 0 Å². The third kappa shape index (κ3) is 7.84. The second-order valence-electron chi connectivity index (χ2n) is 11.9. The average molecular weight is 601 g/mol. The molecule has 1 amide bonds. The average Bonchev–Trinajstić information content (AvgIpc) is 3.54. The minimum atomic E-state index is -0.944. The number of benzene rings is 3. The molecule has 2 N–H and O–H groups in total. The van der Waals surface area contributed by atoms with Crippen molar-refractivity contribution in [3.05, 3.63) is 82.5 Å². The molecule has 0 atom stereocenters. The van der Waals surface area contributed by atoms with Crippen molar-refractivity contribution < 1.29 is 14.3 Å². The standard InChI is InChI=1S/C19H19N3O2.C16H22ClNO/c1-11(2)22-12(3)16-10-15(8-9-17(16)21-22)13-4-6-14(7-5-13)18(23)19(20)24;17-15-12-13(4-3-11-18-9-1-2-10-18)5-8-16(15)19-14-6-7-14/h4-11H,1-3H3,(H2,20,24);5,8,12,14H,1-4,6-7,9-11H2. The van der Waals surface area contributed by atoms with Crippen molar-refractivity contribution in [3.8, 4) is 16.9 Å². The summed E-state index contributed by atoms with van der Waals surface area (Å²) in [5, 5.41) is 6.50. The van der Waals surface area contributed by atoms with Crippen LogP contribution in [-0.2, 0) is 11.2 Å². The lowest BCUT2D eigenvalue weighted by atomic mass is 10.0. The van der Waals surface area contributed by atoms with E-state index in [2.05, 4.69) is 49.0 Å². The summed E-state index contributed by atoms with van der Waals surface area (Å²) in [4.78, 5) is 25.1. The van der Waals surface area contributed by atoms with Crippen LogP contribution in [0.15, 0.2) is 60.7 Å². The molecule has 1 saturated carbocycles. The quantitative estimate of drug-likeness (QED) is 0.154. The molecular formula is C35H41ClN4O3. The monoisotopic (exact) mass is 600 g/mol. The van der Waals surface area contributed by atoms with Gasteiger partial charge in [-0.3, -0.25) is 14.3 Å². The number of aromatic nitrogens is 2. The first kappa shape index (κ1) is 30.8. The Hall–Kier alpha value is -3.68. The zero-order valence-electron chi connectivity index (χ0n) is 25.3. The van der Waals surface area contributed by atoms with Gasteiger partial charge in [-0.2, -0.15) is 5.10 Å². The Bertz CT molecular complexity index is 1580. The van der Waals surface area contributed by atoms with Gasteiger partial charge >= 0.3 is 0 Å². The van der Waals surface area contributed by atoms with Gasteiger partial charge in [-0.05, 0) is 120 Å². The molecule has 226 valence electrons. The number of primary amides is 1. The molecule has 0 unspecified atom stereocenters. The van der Waals surface area contributed by atoms with Gasteiger partial charge in [0.25, 0.3) is 5.91 Å². The molecule has 1 aliphatic heterocycles. The van der Waals surface area contributed by atoms with Gasteiger partial charge in [0.2, 0.25) is 5.78 Å². The second kappa shape index (κ2) is 13.7. The number of ketones is 1. The van der Waals surface area contributed by atoms with E-state index in [1.807, 2.05) is 35.0 Å². The van der Waals surface area contributed by atoms with E-state index in [1.54, 1.807) is 12.1 Å². The first-order valence-electron chi connectivity index (χ1n) is 15.3. The minimum Gasteiger partial charge on any atom is -0.489 e. The van der Waals surface area contributed by atoms with Crippen LogP contribution in [0.5, 0.6) is 5.75 Å². The number of halogens is 1. The number of hydrogen-bond acceptors (Lipinski definition) is 5. The van der Waals surface area contributed by atoms with Crippen LogP contribution < -0.4 is 10.5 Å². The highest BCUT2D eigenvalue weighted by Gasteiger charge is 2.24. The number of likely N-dealkylation sites (tertiary alicyclic amines) is 1. The summed E-state index contributed by atoms with van der Waals surface area (Å²) in [6.07, 6.45) is 7.84. The Morgan fingerprint density at radius 3 is 2.33 bits per heavy atom. The first-order chi connectivity index (χ1) is 20.7. The molecule has 4 aromatic rings. The largest absolute Gasteiger partial charge is 0.489 e. The van der Waals surface area contributed by atoms with Gasteiger partial charge in [0.15, 0.2) is 0 Å². The van der Waals surface area contributed by atoms with Crippen molar-refractivity contribution in [3.63, 3.8) is 0 Å². The van der Waals surface area contributed by atoms with Gasteiger partial charge in [-0.25, -0.2) is 0 Å². The first-order valence-corrected chi connectivity index (χ1v) is 15.7. The number of fused-ring (bicyclic) bond motifs is 1. The van der Waals surface area contributed by atoms with Gasteiger partial charge in [0.05, 0.1) is 16.6 Å². The zero-order valence-corrected chi connectivity index (χ0v) is 26.1. The van der Waals surface area contributed by atoms with Crippen LogP contribution in [0.1, 0.15) is 73.6 Å². The molecule has 1 aliphatic carbocycles. The number of amides is 1. The molecule has 6 rings (SSSR count). The highest BCUT2D eigenvalue weighted by molar-refractivity contribution is 6.42. The van der Waals surface area contributed by atoms with Crippen LogP contribution >= 0.6 is 11.6 Å². The Morgan fingerprint density at radius 1 is 1.00 bits per heavy atom. The van der Waals surface area contributed by atoms with Crippen LogP contribution in [0.4, 0.5) is 0 Å². The van der Waals surface area contributed by atoms with Crippen LogP contribution in [0, 0.1) is 6.92 Å². The van der Waals surface area contributed by atoms with Gasteiger partial charge in [-0.1, -0.05) is 48.0 Å². The number of carbonyl (C=O) groups is 2. The molecule has 0 radical (unpaired) electrons. The number of carbonyl (C=O) groups excluding carboxylic acids is 2. The van der Waals surface area contributed by atoms with E-state index in [9.17, 15) is 9.59 Å². The van der Waals surface area contributed by atoms with Crippen molar-refractivity contribution in [2.45, 2.75) is 71.4 Å². The Balaban J connectivity index is 0.000000176. The molecule has 0 bridgehead atoms.